The van der Waals surface area contributed by atoms with E-state index in [4.69, 9.17) is 14.0 Å². The van der Waals surface area contributed by atoms with Gasteiger partial charge in [0.25, 0.3) is 0 Å². The third kappa shape index (κ3) is 3.69. The summed E-state index contributed by atoms with van der Waals surface area (Å²) < 4.78 is 15.4. The molecule has 10 heteroatoms. The summed E-state index contributed by atoms with van der Waals surface area (Å²) in [6.07, 6.45) is 3.96. The summed E-state index contributed by atoms with van der Waals surface area (Å²) in [5.74, 6) is -1.68. The van der Waals surface area contributed by atoms with E-state index in [0.717, 1.165) is 19.3 Å². The first-order valence-electron chi connectivity index (χ1n) is 8.52. The van der Waals surface area contributed by atoms with Crippen molar-refractivity contribution in [1.82, 2.24) is 10.1 Å². The van der Waals surface area contributed by atoms with Crippen LogP contribution in [0.15, 0.2) is 10.6 Å². The number of nitrogens with zero attached hydrogens (tertiary/aromatic N) is 3. The van der Waals surface area contributed by atoms with Gasteiger partial charge in [0.2, 0.25) is 17.5 Å². The topological polar surface area (TPSA) is 138 Å². The number of nitro groups is 1. The summed E-state index contributed by atoms with van der Waals surface area (Å²) in [6, 6.07) is 1.25. The van der Waals surface area contributed by atoms with Crippen molar-refractivity contribution in [3.8, 4) is 22.9 Å². The fourth-order valence-electron chi connectivity index (χ4n) is 3.15. The van der Waals surface area contributed by atoms with Crippen LogP contribution in [0, 0.1) is 17.0 Å². The number of methoxy groups -OCH3 is 1. The fraction of sp³-hybridized carbons (Fsp3) is 0.471. The van der Waals surface area contributed by atoms with Crippen molar-refractivity contribution in [1.29, 1.82) is 0 Å². The number of phenolic OH excluding ortho intramolecular Hbond substituents is 1. The Labute approximate surface area is 154 Å². The lowest BCUT2D eigenvalue weighted by atomic mass is 9.97. The van der Waals surface area contributed by atoms with Gasteiger partial charge in [-0.05, 0) is 31.7 Å². The number of rotatable bonds is 5. The molecule has 144 valence electrons. The summed E-state index contributed by atoms with van der Waals surface area (Å²) in [7, 11) is 1.24. The zero-order valence-electron chi connectivity index (χ0n) is 14.9. The number of aromatic nitrogens is 2. The minimum atomic E-state index is -0.913. The van der Waals surface area contributed by atoms with Crippen molar-refractivity contribution in [3.63, 3.8) is 0 Å². The molecule has 0 amide bonds. The molecule has 1 aromatic carbocycles. The maximum atomic E-state index is 12.8. The summed E-state index contributed by atoms with van der Waals surface area (Å²) in [5.41, 5.74) is -1.24. The summed E-state index contributed by atoms with van der Waals surface area (Å²) in [4.78, 5) is 27.6. The molecule has 2 aromatic rings. The van der Waals surface area contributed by atoms with Crippen molar-refractivity contribution in [2.75, 3.05) is 7.11 Å². The van der Waals surface area contributed by atoms with Crippen LogP contribution in [0.25, 0.3) is 11.4 Å². The number of phenols is 1. The summed E-state index contributed by atoms with van der Waals surface area (Å²) in [5, 5.41) is 25.6. The van der Waals surface area contributed by atoms with Crippen LogP contribution >= 0.6 is 0 Å². The monoisotopic (exact) mass is 377 g/mol. The molecule has 0 radical (unpaired) electrons. The Balaban J connectivity index is 2.14. The van der Waals surface area contributed by atoms with Crippen LogP contribution in [-0.2, 0) is 4.74 Å². The molecule has 1 fully saturated rings. The molecule has 1 aliphatic rings. The zero-order chi connectivity index (χ0) is 19.6. The maximum Gasteiger partial charge on any atom is 0.346 e. The van der Waals surface area contributed by atoms with Crippen molar-refractivity contribution in [3.05, 3.63) is 27.6 Å². The molecule has 0 aliphatic heterocycles. The molecule has 1 saturated carbocycles. The van der Waals surface area contributed by atoms with Gasteiger partial charge in [-0.25, -0.2) is 4.79 Å². The molecule has 1 heterocycles. The Bertz CT molecular complexity index is 872. The first-order valence-corrected chi connectivity index (χ1v) is 8.52. The lowest BCUT2D eigenvalue weighted by Crippen LogP contribution is -2.22. The molecule has 27 heavy (non-hydrogen) atoms. The van der Waals surface area contributed by atoms with E-state index >= 15 is 0 Å². The maximum absolute atomic E-state index is 12.8. The molecule has 0 saturated heterocycles. The number of nitro benzene ring substituents is 1. The van der Waals surface area contributed by atoms with Gasteiger partial charge in [0.15, 0.2) is 11.3 Å². The molecular weight excluding hydrogens is 358 g/mol. The Morgan fingerprint density at radius 2 is 2.07 bits per heavy atom. The fourth-order valence-corrected chi connectivity index (χ4v) is 3.15. The molecular formula is C17H19N3O7. The largest absolute Gasteiger partial charge is 0.499 e. The van der Waals surface area contributed by atoms with Gasteiger partial charge in [0.05, 0.1) is 12.0 Å². The Morgan fingerprint density at radius 1 is 1.37 bits per heavy atom. The number of carbonyl (C=O) groups excluding carboxylic acids is 1. The number of aryl methyl sites for hydroxylation is 1. The molecule has 1 aliphatic carbocycles. The van der Waals surface area contributed by atoms with Crippen molar-refractivity contribution < 1.29 is 28.8 Å². The summed E-state index contributed by atoms with van der Waals surface area (Å²) in [6.45, 7) is 1.54. The van der Waals surface area contributed by atoms with Crippen LogP contribution in [0.1, 0.15) is 48.4 Å². The lowest BCUT2D eigenvalue weighted by Gasteiger charge is -2.22. The minimum Gasteiger partial charge on any atom is -0.499 e. The highest BCUT2D eigenvalue weighted by Crippen LogP contribution is 2.44. The number of carbonyl (C=O) groups is 1. The van der Waals surface area contributed by atoms with E-state index in [1.165, 1.54) is 13.2 Å². The Morgan fingerprint density at radius 3 is 2.63 bits per heavy atom. The molecule has 1 N–H and O–H groups in total. The molecule has 10 nitrogen and oxygen atoms in total. The van der Waals surface area contributed by atoms with Crippen molar-refractivity contribution in [2.24, 2.45) is 0 Å². The van der Waals surface area contributed by atoms with Crippen molar-refractivity contribution >= 4 is 11.7 Å². The standard InChI is InChI=1S/C17H19N3O7/c1-9-18-16(19-27-9)11-8-12(25-2)15(21)14(20(23)24)13(11)17(22)26-10-6-4-3-5-7-10/h8,10,21H,3-7H2,1-2H3. The third-order valence-corrected chi connectivity index (χ3v) is 4.44. The third-order valence-electron chi connectivity index (χ3n) is 4.44. The first-order chi connectivity index (χ1) is 12.9. The normalized spacial score (nSPS) is 14.7. The van der Waals surface area contributed by atoms with Gasteiger partial charge in [-0.3, -0.25) is 10.1 Å². The van der Waals surface area contributed by atoms with E-state index < -0.39 is 27.9 Å². The lowest BCUT2D eigenvalue weighted by molar-refractivity contribution is -0.386. The second-order valence-corrected chi connectivity index (χ2v) is 6.26. The zero-order valence-corrected chi connectivity index (χ0v) is 14.9. The highest BCUT2D eigenvalue weighted by molar-refractivity contribution is 6.02. The van der Waals surface area contributed by atoms with Crippen LogP contribution in [0.5, 0.6) is 11.5 Å². The average Bonchev–Trinajstić information content (AvgIpc) is 3.08. The van der Waals surface area contributed by atoms with Crippen LogP contribution in [0.4, 0.5) is 5.69 Å². The smallest absolute Gasteiger partial charge is 0.346 e. The number of esters is 1. The van der Waals surface area contributed by atoms with Crippen LogP contribution in [0.2, 0.25) is 0 Å². The van der Waals surface area contributed by atoms with E-state index in [1.807, 2.05) is 0 Å². The minimum absolute atomic E-state index is 0.00555. The highest BCUT2D eigenvalue weighted by atomic mass is 16.6. The van der Waals surface area contributed by atoms with Gasteiger partial charge in [-0.2, -0.15) is 4.98 Å². The SMILES string of the molecule is COc1cc(-c2noc(C)n2)c(C(=O)OC2CCCCC2)c([N+](=O)[O-])c1O. The number of hydrogen-bond donors (Lipinski definition) is 1. The van der Waals surface area contributed by atoms with E-state index in [0.29, 0.717) is 12.8 Å². The first kappa shape index (κ1) is 18.6. The van der Waals surface area contributed by atoms with Gasteiger partial charge < -0.3 is 19.1 Å². The molecule has 0 bridgehead atoms. The van der Waals surface area contributed by atoms with Crippen LogP contribution in [0.3, 0.4) is 0 Å². The van der Waals surface area contributed by atoms with Gasteiger partial charge in [-0.1, -0.05) is 11.6 Å². The predicted molar refractivity (Wildman–Crippen MR) is 91.6 cm³/mol. The quantitative estimate of drug-likeness (QED) is 0.473. The van der Waals surface area contributed by atoms with Crippen molar-refractivity contribution in [2.45, 2.75) is 45.1 Å². The van der Waals surface area contributed by atoms with Gasteiger partial charge >= 0.3 is 11.7 Å². The second kappa shape index (κ2) is 7.60. The van der Waals surface area contributed by atoms with Gasteiger partial charge in [0.1, 0.15) is 6.10 Å². The number of ether oxygens (including phenoxy) is 2. The average molecular weight is 377 g/mol. The van der Waals surface area contributed by atoms with E-state index in [9.17, 15) is 20.0 Å². The molecule has 0 atom stereocenters. The van der Waals surface area contributed by atoms with E-state index in [-0.39, 0.29) is 29.1 Å². The molecule has 0 unspecified atom stereocenters. The van der Waals surface area contributed by atoms with Gasteiger partial charge in [-0.15, -0.1) is 0 Å². The Kier molecular flexibility index (Phi) is 5.24. The van der Waals surface area contributed by atoms with Gasteiger partial charge in [0, 0.05) is 12.5 Å². The number of benzene rings is 1. The second-order valence-electron chi connectivity index (χ2n) is 6.26. The Hall–Kier alpha value is -3.17. The molecule has 0 spiro atoms. The number of hydrogen-bond acceptors (Lipinski definition) is 9. The predicted octanol–water partition coefficient (Wildman–Crippen LogP) is 3.16. The van der Waals surface area contributed by atoms with E-state index in [1.54, 1.807) is 6.92 Å². The van der Waals surface area contributed by atoms with Crippen LogP contribution < -0.4 is 4.74 Å². The summed E-state index contributed by atoms with van der Waals surface area (Å²) >= 11 is 0. The highest BCUT2D eigenvalue weighted by Gasteiger charge is 2.36. The number of aromatic hydroxyl groups is 1. The van der Waals surface area contributed by atoms with Crippen LogP contribution in [-0.4, -0.2) is 39.4 Å². The molecule has 1 aromatic heterocycles. The van der Waals surface area contributed by atoms with E-state index in [2.05, 4.69) is 10.1 Å². The molecule has 3 rings (SSSR count).